The molecule has 2 aliphatic rings. The Balaban J connectivity index is 1.72. The van der Waals surface area contributed by atoms with E-state index in [-0.39, 0.29) is 31.8 Å². The van der Waals surface area contributed by atoms with Crippen molar-refractivity contribution in [2.24, 2.45) is 32.4 Å². The molecular formula is C13H20N6O4. The van der Waals surface area contributed by atoms with Crippen molar-refractivity contribution in [3.05, 3.63) is 0 Å². The van der Waals surface area contributed by atoms with Gasteiger partial charge in [0.25, 0.3) is 5.91 Å². The molecule has 10 heteroatoms. The van der Waals surface area contributed by atoms with Crippen LogP contribution in [0.3, 0.4) is 0 Å². The van der Waals surface area contributed by atoms with Crippen molar-refractivity contribution in [1.29, 1.82) is 0 Å². The third kappa shape index (κ3) is 4.11. The predicted molar refractivity (Wildman–Crippen MR) is 82.8 cm³/mol. The first kappa shape index (κ1) is 17.0. The molecule has 2 heterocycles. The third-order valence-electron chi connectivity index (χ3n) is 3.27. The van der Waals surface area contributed by atoms with E-state index in [0.29, 0.717) is 5.84 Å². The van der Waals surface area contributed by atoms with Crippen molar-refractivity contribution in [2.45, 2.75) is 25.9 Å². The summed E-state index contributed by atoms with van der Waals surface area (Å²) >= 11 is 0. The Bertz CT molecular complexity index is 571. The molecule has 0 saturated heterocycles. The fourth-order valence-electron chi connectivity index (χ4n) is 1.88. The minimum absolute atomic E-state index is 0.00939. The Morgan fingerprint density at radius 3 is 2.83 bits per heavy atom. The fraction of sp³-hybridized carbons (Fsp3) is 0.615. The second kappa shape index (κ2) is 7.29. The lowest BCUT2D eigenvalue weighted by Crippen LogP contribution is -2.41. The van der Waals surface area contributed by atoms with E-state index in [1.807, 2.05) is 13.8 Å². The molecule has 10 nitrogen and oxygen atoms in total. The molecule has 0 aromatic heterocycles. The molecule has 23 heavy (non-hydrogen) atoms. The van der Waals surface area contributed by atoms with Crippen LogP contribution in [0.25, 0.3) is 0 Å². The van der Waals surface area contributed by atoms with Crippen LogP contribution in [0, 0.1) is 5.92 Å². The van der Waals surface area contributed by atoms with E-state index in [0.717, 1.165) is 0 Å². The number of carbonyl (C=O) groups excluding carboxylic acids is 2. The first-order valence-electron chi connectivity index (χ1n) is 7.16. The zero-order valence-corrected chi connectivity index (χ0v) is 13.0. The number of nitrogens with zero attached hydrogens (tertiary/aromatic N) is 4. The van der Waals surface area contributed by atoms with Crippen LogP contribution in [0.2, 0.25) is 0 Å². The van der Waals surface area contributed by atoms with Crippen molar-refractivity contribution in [2.75, 3.05) is 19.9 Å². The number of nitrogens with two attached hydrogens (primary N) is 2. The molecular weight excluding hydrogens is 304 g/mol. The minimum atomic E-state index is -0.757. The summed E-state index contributed by atoms with van der Waals surface area (Å²) in [6.45, 7) is 4.05. The highest BCUT2D eigenvalue weighted by Crippen LogP contribution is 2.13. The number of esters is 1. The van der Waals surface area contributed by atoms with Gasteiger partial charge < -0.3 is 20.9 Å². The topological polar surface area (TPSA) is 145 Å². The van der Waals surface area contributed by atoms with E-state index in [1.54, 1.807) is 4.90 Å². The second-order valence-corrected chi connectivity index (χ2v) is 5.39. The molecule has 2 atom stereocenters. The number of aliphatic imine (C=N–C) groups is 3. The van der Waals surface area contributed by atoms with Gasteiger partial charge in [-0.3, -0.25) is 19.5 Å². The van der Waals surface area contributed by atoms with E-state index < -0.39 is 24.0 Å². The summed E-state index contributed by atoms with van der Waals surface area (Å²) in [5.41, 5.74) is 11.1. The maximum absolute atomic E-state index is 11.6. The molecule has 0 aromatic carbocycles. The molecule has 0 aliphatic carbocycles. The summed E-state index contributed by atoms with van der Waals surface area (Å²) in [6.07, 6.45) is 1.44. The SMILES string of the molecule is CC(C)[C@H](N)C(=O)OCCOCN1C=NC2C(=O)N=C(N)N=C21. The standard InChI is InChI=1S/C13H20N6O4/c1-7(2)8(14)12(21)23-4-3-22-6-19-5-16-9-10(19)17-13(15)18-11(9)20/h5,7-9H,3-4,6,14H2,1-2H3,(H2,15,18,20)/t8-,9?/m0/s1. The Morgan fingerprint density at radius 1 is 1.39 bits per heavy atom. The molecule has 0 fully saturated rings. The first-order chi connectivity index (χ1) is 10.9. The summed E-state index contributed by atoms with van der Waals surface area (Å²) in [5, 5.41) is 0. The smallest absolute Gasteiger partial charge is 0.323 e. The monoisotopic (exact) mass is 324 g/mol. The van der Waals surface area contributed by atoms with Crippen molar-refractivity contribution in [3.8, 4) is 0 Å². The third-order valence-corrected chi connectivity index (χ3v) is 3.27. The Morgan fingerprint density at radius 2 is 2.13 bits per heavy atom. The van der Waals surface area contributed by atoms with Gasteiger partial charge in [-0.2, -0.15) is 9.98 Å². The van der Waals surface area contributed by atoms with Crippen LogP contribution in [-0.2, 0) is 19.1 Å². The maximum Gasteiger partial charge on any atom is 0.323 e. The van der Waals surface area contributed by atoms with Crippen LogP contribution >= 0.6 is 0 Å². The average Bonchev–Trinajstić information content (AvgIpc) is 2.89. The number of amidine groups is 1. The van der Waals surface area contributed by atoms with Crippen LogP contribution in [0.4, 0.5) is 0 Å². The fourth-order valence-corrected chi connectivity index (χ4v) is 1.88. The molecule has 0 radical (unpaired) electrons. The van der Waals surface area contributed by atoms with Gasteiger partial charge in [0.1, 0.15) is 19.4 Å². The molecule has 2 aliphatic heterocycles. The number of hydrogen-bond donors (Lipinski definition) is 2. The van der Waals surface area contributed by atoms with Crippen molar-refractivity contribution >= 4 is 30.0 Å². The number of carbonyl (C=O) groups is 2. The highest BCUT2D eigenvalue weighted by atomic mass is 16.6. The lowest BCUT2D eigenvalue weighted by molar-refractivity contribution is -0.148. The van der Waals surface area contributed by atoms with Crippen molar-refractivity contribution < 1.29 is 19.1 Å². The zero-order chi connectivity index (χ0) is 17.0. The lowest BCUT2D eigenvalue weighted by atomic mass is 10.1. The summed E-state index contributed by atoms with van der Waals surface area (Å²) in [4.78, 5) is 36.2. The first-order valence-corrected chi connectivity index (χ1v) is 7.16. The lowest BCUT2D eigenvalue weighted by Gasteiger charge is -2.19. The number of fused-ring (bicyclic) bond motifs is 1. The normalized spacial score (nSPS) is 21.1. The van der Waals surface area contributed by atoms with E-state index in [4.69, 9.17) is 20.9 Å². The molecule has 4 N–H and O–H groups in total. The highest BCUT2D eigenvalue weighted by Gasteiger charge is 2.35. The molecule has 1 unspecified atom stereocenters. The molecule has 0 aromatic rings. The second-order valence-electron chi connectivity index (χ2n) is 5.39. The van der Waals surface area contributed by atoms with Gasteiger partial charge in [-0.15, -0.1) is 0 Å². The van der Waals surface area contributed by atoms with E-state index in [9.17, 15) is 9.59 Å². The quantitative estimate of drug-likeness (QED) is 0.426. The number of hydrogen-bond acceptors (Lipinski definition) is 9. The predicted octanol–water partition coefficient (Wildman–Crippen LogP) is -1.55. The van der Waals surface area contributed by atoms with E-state index >= 15 is 0 Å². The molecule has 0 saturated carbocycles. The van der Waals surface area contributed by atoms with Crippen LogP contribution in [0.15, 0.2) is 15.0 Å². The summed E-state index contributed by atoms with van der Waals surface area (Å²) in [5.74, 6) is -0.634. The molecule has 0 spiro atoms. The average molecular weight is 324 g/mol. The maximum atomic E-state index is 11.6. The van der Waals surface area contributed by atoms with Gasteiger partial charge >= 0.3 is 5.97 Å². The van der Waals surface area contributed by atoms with Gasteiger partial charge in [0.05, 0.1) is 12.9 Å². The zero-order valence-electron chi connectivity index (χ0n) is 13.0. The van der Waals surface area contributed by atoms with Crippen LogP contribution in [-0.4, -0.2) is 66.9 Å². The number of guanidine groups is 1. The van der Waals surface area contributed by atoms with E-state index in [1.165, 1.54) is 6.34 Å². The summed E-state index contributed by atoms with van der Waals surface area (Å²) < 4.78 is 10.4. The molecule has 126 valence electrons. The van der Waals surface area contributed by atoms with Gasteiger partial charge in [0.15, 0.2) is 11.9 Å². The number of rotatable bonds is 7. The van der Waals surface area contributed by atoms with Crippen LogP contribution < -0.4 is 11.5 Å². The number of ether oxygens (including phenoxy) is 2. The molecule has 1 amide bonds. The van der Waals surface area contributed by atoms with Crippen molar-refractivity contribution in [1.82, 2.24) is 4.90 Å². The Kier molecular flexibility index (Phi) is 5.40. The Hall–Kier alpha value is -2.33. The molecule has 2 rings (SSSR count). The van der Waals surface area contributed by atoms with Gasteiger partial charge in [-0.05, 0) is 5.92 Å². The van der Waals surface area contributed by atoms with Gasteiger partial charge in [0.2, 0.25) is 5.96 Å². The van der Waals surface area contributed by atoms with Crippen LogP contribution in [0.1, 0.15) is 13.8 Å². The van der Waals surface area contributed by atoms with E-state index in [2.05, 4.69) is 15.0 Å². The number of amides is 1. The van der Waals surface area contributed by atoms with Gasteiger partial charge in [-0.25, -0.2) is 0 Å². The van der Waals surface area contributed by atoms with Gasteiger partial charge in [0, 0.05) is 0 Å². The summed E-state index contributed by atoms with van der Waals surface area (Å²) in [6, 6.07) is -1.40. The summed E-state index contributed by atoms with van der Waals surface area (Å²) in [7, 11) is 0. The Labute approximate surface area is 133 Å². The largest absolute Gasteiger partial charge is 0.462 e. The highest BCUT2D eigenvalue weighted by molar-refractivity contribution is 6.21. The van der Waals surface area contributed by atoms with Crippen LogP contribution in [0.5, 0.6) is 0 Å². The van der Waals surface area contributed by atoms with Gasteiger partial charge in [-0.1, -0.05) is 13.8 Å². The molecule has 0 bridgehead atoms. The van der Waals surface area contributed by atoms with Crippen molar-refractivity contribution in [3.63, 3.8) is 0 Å². The minimum Gasteiger partial charge on any atom is -0.462 e.